The Bertz CT molecular complexity index is 437. The lowest BCUT2D eigenvalue weighted by Gasteiger charge is -2.12. The molecule has 16 heavy (non-hydrogen) atoms. The highest BCUT2D eigenvalue weighted by Crippen LogP contribution is 2.48. The van der Waals surface area contributed by atoms with Crippen molar-refractivity contribution in [3.63, 3.8) is 0 Å². The van der Waals surface area contributed by atoms with Crippen LogP contribution in [0.4, 0.5) is 4.39 Å². The predicted molar refractivity (Wildman–Crippen MR) is 61.5 cm³/mol. The number of benzene rings is 1. The van der Waals surface area contributed by atoms with E-state index in [1.165, 1.54) is 6.07 Å². The van der Waals surface area contributed by atoms with Gasteiger partial charge in [-0.05, 0) is 40.9 Å². The maximum atomic E-state index is 13.2. The molecule has 0 unspecified atom stereocenters. The van der Waals surface area contributed by atoms with Gasteiger partial charge in [-0.25, -0.2) is 4.39 Å². The fourth-order valence-corrected chi connectivity index (χ4v) is 1.77. The van der Waals surface area contributed by atoms with Crippen molar-refractivity contribution in [3.8, 4) is 11.8 Å². The molecule has 0 radical (unpaired) electrons. The number of nitrogens with zero attached hydrogens (tertiary/aromatic N) is 1. The zero-order chi connectivity index (χ0) is 11.6. The van der Waals surface area contributed by atoms with E-state index in [4.69, 9.17) is 10.00 Å². The first-order valence-electron chi connectivity index (χ1n) is 5.10. The van der Waals surface area contributed by atoms with E-state index < -0.39 is 0 Å². The van der Waals surface area contributed by atoms with Gasteiger partial charge in [0, 0.05) is 17.9 Å². The summed E-state index contributed by atoms with van der Waals surface area (Å²) in [5, 5.41) is 8.65. The Hall–Kier alpha value is -1.08. The molecule has 0 amide bonds. The topological polar surface area (TPSA) is 33.0 Å². The Balaban J connectivity index is 1.95. The molecule has 84 valence electrons. The monoisotopic (exact) mass is 283 g/mol. The minimum absolute atomic E-state index is 0.0261. The molecule has 1 aliphatic rings. The third-order valence-corrected chi connectivity index (χ3v) is 3.49. The van der Waals surface area contributed by atoms with Gasteiger partial charge < -0.3 is 4.74 Å². The van der Waals surface area contributed by atoms with Crippen LogP contribution in [-0.2, 0) is 0 Å². The van der Waals surface area contributed by atoms with Gasteiger partial charge in [-0.2, -0.15) is 5.26 Å². The zero-order valence-electron chi connectivity index (χ0n) is 8.67. The van der Waals surface area contributed by atoms with Gasteiger partial charge in [-0.1, -0.05) is 0 Å². The number of hydrogen-bond donors (Lipinski definition) is 0. The lowest BCUT2D eigenvalue weighted by molar-refractivity contribution is 0.236. The average Bonchev–Trinajstić information content (AvgIpc) is 3.01. The van der Waals surface area contributed by atoms with Crippen molar-refractivity contribution < 1.29 is 9.13 Å². The van der Waals surface area contributed by atoms with Crippen molar-refractivity contribution in [3.05, 3.63) is 28.5 Å². The summed E-state index contributed by atoms with van der Waals surface area (Å²) in [6.45, 7) is 0.502. The molecule has 2 rings (SSSR count). The fraction of sp³-hybridized carbons (Fsp3) is 0.417. The molecule has 0 N–H and O–H groups in total. The molecular formula is C12H11BrFNO. The third kappa shape index (κ3) is 2.53. The molecule has 0 bridgehead atoms. The van der Waals surface area contributed by atoms with E-state index in [0.717, 1.165) is 12.8 Å². The van der Waals surface area contributed by atoms with Crippen molar-refractivity contribution in [1.29, 1.82) is 5.26 Å². The van der Waals surface area contributed by atoms with Gasteiger partial charge in [0.2, 0.25) is 0 Å². The average molecular weight is 284 g/mol. The number of nitriles is 1. The SMILES string of the molecule is N#CCC1(COc2ccc(Br)c(F)c2)CC1. The molecule has 1 aromatic carbocycles. The smallest absolute Gasteiger partial charge is 0.141 e. The summed E-state index contributed by atoms with van der Waals surface area (Å²) in [6, 6.07) is 6.86. The molecule has 0 saturated heterocycles. The summed E-state index contributed by atoms with van der Waals surface area (Å²) < 4.78 is 19.1. The van der Waals surface area contributed by atoms with Crippen LogP contribution in [-0.4, -0.2) is 6.61 Å². The molecule has 4 heteroatoms. The number of rotatable bonds is 4. The Morgan fingerprint density at radius 3 is 2.81 bits per heavy atom. The van der Waals surface area contributed by atoms with E-state index in [1.807, 2.05) is 0 Å². The van der Waals surface area contributed by atoms with Crippen LogP contribution in [0.25, 0.3) is 0 Å². The second kappa shape index (κ2) is 4.42. The van der Waals surface area contributed by atoms with Crippen LogP contribution >= 0.6 is 15.9 Å². The standard InChI is InChI=1S/C12H11BrFNO/c13-10-2-1-9(7-11(10)14)16-8-12(3-4-12)5-6-15/h1-2,7H,3-5,8H2. The quantitative estimate of drug-likeness (QED) is 0.845. The second-order valence-corrected chi connectivity index (χ2v) is 5.05. The molecule has 0 atom stereocenters. The van der Waals surface area contributed by atoms with Crippen LogP contribution in [0, 0.1) is 22.6 Å². The van der Waals surface area contributed by atoms with Gasteiger partial charge >= 0.3 is 0 Å². The molecule has 2 nitrogen and oxygen atoms in total. The summed E-state index contributed by atoms with van der Waals surface area (Å²) >= 11 is 3.08. The first-order chi connectivity index (χ1) is 7.65. The Morgan fingerprint density at radius 2 is 2.25 bits per heavy atom. The van der Waals surface area contributed by atoms with Crippen LogP contribution in [0.5, 0.6) is 5.75 Å². The van der Waals surface area contributed by atoms with E-state index >= 15 is 0 Å². The van der Waals surface area contributed by atoms with Crippen molar-refractivity contribution in [2.24, 2.45) is 5.41 Å². The summed E-state index contributed by atoms with van der Waals surface area (Å²) in [6.07, 6.45) is 2.57. The van der Waals surface area contributed by atoms with Gasteiger partial charge in [0.15, 0.2) is 0 Å². The van der Waals surface area contributed by atoms with Gasteiger partial charge in [-0.15, -0.1) is 0 Å². The Morgan fingerprint density at radius 1 is 1.50 bits per heavy atom. The van der Waals surface area contributed by atoms with Crippen molar-refractivity contribution in [2.45, 2.75) is 19.3 Å². The molecule has 1 aromatic rings. The van der Waals surface area contributed by atoms with E-state index in [9.17, 15) is 4.39 Å². The lowest BCUT2D eigenvalue weighted by Crippen LogP contribution is -2.12. The molecule has 0 spiro atoms. The van der Waals surface area contributed by atoms with E-state index in [2.05, 4.69) is 22.0 Å². The highest BCUT2D eigenvalue weighted by molar-refractivity contribution is 9.10. The van der Waals surface area contributed by atoms with E-state index in [1.54, 1.807) is 12.1 Å². The summed E-state index contributed by atoms with van der Waals surface area (Å²) in [4.78, 5) is 0. The predicted octanol–water partition coefficient (Wildman–Crippen LogP) is 3.66. The van der Waals surface area contributed by atoms with Crippen LogP contribution in [0.15, 0.2) is 22.7 Å². The van der Waals surface area contributed by atoms with E-state index in [0.29, 0.717) is 23.2 Å². The number of hydrogen-bond acceptors (Lipinski definition) is 2. The largest absolute Gasteiger partial charge is 0.493 e. The molecule has 0 heterocycles. The van der Waals surface area contributed by atoms with Crippen molar-refractivity contribution in [2.75, 3.05) is 6.61 Å². The van der Waals surface area contributed by atoms with Crippen molar-refractivity contribution in [1.82, 2.24) is 0 Å². The minimum atomic E-state index is -0.331. The normalized spacial score (nSPS) is 16.6. The molecule has 1 fully saturated rings. The minimum Gasteiger partial charge on any atom is -0.493 e. The van der Waals surface area contributed by atoms with Crippen LogP contribution < -0.4 is 4.74 Å². The fourth-order valence-electron chi connectivity index (χ4n) is 1.52. The molecule has 1 saturated carbocycles. The molecule has 1 aliphatic carbocycles. The maximum absolute atomic E-state index is 13.2. The third-order valence-electron chi connectivity index (χ3n) is 2.85. The van der Waals surface area contributed by atoms with Crippen LogP contribution in [0.1, 0.15) is 19.3 Å². The van der Waals surface area contributed by atoms with Gasteiger partial charge in [0.05, 0.1) is 17.1 Å². The highest BCUT2D eigenvalue weighted by atomic mass is 79.9. The molecule has 0 aliphatic heterocycles. The van der Waals surface area contributed by atoms with Gasteiger partial charge in [0.25, 0.3) is 0 Å². The summed E-state index contributed by atoms with van der Waals surface area (Å²) in [7, 11) is 0. The highest BCUT2D eigenvalue weighted by Gasteiger charge is 2.43. The lowest BCUT2D eigenvalue weighted by atomic mass is 10.1. The van der Waals surface area contributed by atoms with Gasteiger partial charge in [0.1, 0.15) is 11.6 Å². The number of halogens is 2. The van der Waals surface area contributed by atoms with E-state index in [-0.39, 0.29) is 11.2 Å². The Kier molecular flexibility index (Phi) is 3.15. The maximum Gasteiger partial charge on any atom is 0.141 e. The summed E-state index contributed by atoms with van der Waals surface area (Å²) in [5.74, 6) is 0.188. The number of ether oxygens (including phenoxy) is 1. The first kappa shape index (κ1) is 11.4. The van der Waals surface area contributed by atoms with Crippen molar-refractivity contribution >= 4 is 15.9 Å². The molecular weight excluding hydrogens is 273 g/mol. The summed E-state index contributed by atoms with van der Waals surface area (Å²) in [5.41, 5.74) is 0.0261. The first-order valence-corrected chi connectivity index (χ1v) is 5.89. The Labute approximate surface area is 102 Å². The zero-order valence-corrected chi connectivity index (χ0v) is 10.3. The second-order valence-electron chi connectivity index (χ2n) is 4.20. The van der Waals surface area contributed by atoms with Crippen LogP contribution in [0.2, 0.25) is 0 Å². The van der Waals surface area contributed by atoms with Crippen LogP contribution in [0.3, 0.4) is 0 Å². The van der Waals surface area contributed by atoms with Gasteiger partial charge in [-0.3, -0.25) is 0 Å². The molecule has 0 aromatic heterocycles.